The van der Waals surface area contributed by atoms with E-state index >= 15 is 0 Å². The molecule has 0 saturated heterocycles. The standard InChI is InChI=1S/C17H19N3O4/c1-12-10-13(18-24-12)11-19(2)16(21)8-5-9-20-14-6-3-4-7-15(14)23-17(20)22/h3-4,6-7,10H,5,8-9,11H2,1-2H3. The molecule has 1 amide bonds. The van der Waals surface area contributed by atoms with Gasteiger partial charge in [0.15, 0.2) is 5.58 Å². The molecule has 2 heterocycles. The highest BCUT2D eigenvalue weighted by molar-refractivity contribution is 5.76. The van der Waals surface area contributed by atoms with Crippen LogP contribution in [0.2, 0.25) is 0 Å². The number of aryl methyl sites for hydroxylation is 2. The molecule has 0 aliphatic heterocycles. The zero-order valence-electron chi connectivity index (χ0n) is 13.7. The van der Waals surface area contributed by atoms with Gasteiger partial charge in [0.1, 0.15) is 11.5 Å². The first-order chi connectivity index (χ1) is 11.5. The SMILES string of the molecule is Cc1cc(CN(C)C(=O)CCCn2c(=O)oc3ccccc32)no1. The van der Waals surface area contributed by atoms with Gasteiger partial charge >= 0.3 is 5.76 Å². The van der Waals surface area contributed by atoms with Crippen molar-refractivity contribution in [3.8, 4) is 0 Å². The minimum atomic E-state index is -0.393. The zero-order chi connectivity index (χ0) is 17.1. The summed E-state index contributed by atoms with van der Waals surface area (Å²) in [6, 6.07) is 9.07. The van der Waals surface area contributed by atoms with Crippen LogP contribution in [-0.2, 0) is 17.9 Å². The Labute approximate surface area is 138 Å². The van der Waals surface area contributed by atoms with Gasteiger partial charge in [0.05, 0.1) is 12.1 Å². The number of amides is 1. The second-order valence-electron chi connectivity index (χ2n) is 5.77. The van der Waals surface area contributed by atoms with Crippen molar-refractivity contribution in [1.29, 1.82) is 0 Å². The molecule has 2 aromatic heterocycles. The van der Waals surface area contributed by atoms with E-state index in [1.807, 2.05) is 25.1 Å². The van der Waals surface area contributed by atoms with Gasteiger partial charge in [-0.3, -0.25) is 9.36 Å². The fraction of sp³-hybridized carbons (Fsp3) is 0.353. The van der Waals surface area contributed by atoms with E-state index in [1.54, 1.807) is 28.6 Å². The first kappa shape index (κ1) is 16.0. The highest BCUT2D eigenvalue weighted by Crippen LogP contribution is 2.13. The fourth-order valence-corrected chi connectivity index (χ4v) is 2.63. The molecule has 7 nitrogen and oxygen atoms in total. The summed E-state index contributed by atoms with van der Waals surface area (Å²) in [5.74, 6) is 0.323. The molecular weight excluding hydrogens is 310 g/mol. The molecule has 1 aromatic carbocycles. The summed E-state index contributed by atoms with van der Waals surface area (Å²) >= 11 is 0. The van der Waals surface area contributed by atoms with E-state index < -0.39 is 5.76 Å². The number of benzene rings is 1. The van der Waals surface area contributed by atoms with Gasteiger partial charge in [0.25, 0.3) is 0 Å². The summed E-state index contributed by atoms with van der Waals surface area (Å²) in [5.41, 5.74) is 2.04. The van der Waals surface area contributed by atoms with E-state index in [0.29, 0.717) is 31.5 Å². The van der Waals surface area contributed by atoms with Gasteiger partial charge < -0.3 is 13.8 Å². The minimum absolute atomic E-state index is 0.00324. The number of nitrogens with zero attached hydrogens (tertiary/aromatic N) is 3. The Kier molecular flexibility index (Phi) is 4.50. The second-order valence-corrected chi connectivity index (χ2v) is 5.77. The fourth-order valence-electron chi connectivity index (χ4n) is 2.63. The van der Waals surface area contributed by atoms with Gasteiger partial charge in [-0.2, -0.15) is 0 Å². The Balaban J connectivity index is 1.56. The number of carbonyl (C=O) groups excluding carboxylic acids is 1. The largest absolute Gasteiger partial charge is 0.419 e. The average Bonchev–Trinajstić information content (AvgIpc) is 3.10. The maximum atomic E-state index is 12.2. The van der Waals surface area contributed by atoms with Crippen molar-refractivity contribution in [1.82, 2.24) is 14.6 Å². The zero-order valence-corrected chi connectivity index (χ0v) is 13.7. The van der Waals surface area contributed by atoms with Crippen LogP contribution in [0.4, 0.5) is 0 Å². The predicted molar refractivity (Wildman–Crippen MR) is 87.4 cm³/mol. The van der Waals surface area contributed by atoms with E-state index in [1.165, 1.54) is 0 Å². The first-order valence-electron chi connectivity index (χ1n) is 7.79. The van der Waals surface area contributed by atoms with Crippen molar-refractivity contribution < 1.29 is 13.7 Å². The van der Waals surface area contributed by atoms with Crippen LogP contribution in [0, 0.1) is 6.92 Å². The summed E-state index contributed by atoms with van der Waals surface area (Å²) in [4.78, 5) is 25.7. The topological polar surface area (TPSA) is 81.5 Å². The molecule has 0 bridgehead atoms. The number of hydrogen-bond donors (Lipinski definition) is 0. The van der Waals surface area contributed by atoms with Gasteiger partial charge in [-0.25, -0.2) is 4.79 Å². The lowest BCUT2D eigenvalue weighted by atomic mass is 10.2. The number of oxazole rings is 1. The van der Waals surface area contributed by atoms with Gasteiger partial charge in [-0.05, 0) is 25.5 Å². The molecule has 24 heavy (non-hydrogen) atoms. The van der Waals surface area contributed by atoms with E-state index in [0.717, 1.165) is 17.0 Å². The van der Waals surface area contributed by atoms with Crippen molar-refractivity contribution in [2.24, 2.45) is 0 Å². The molecule has 0 radical (unpaired) electrons. The highest BCUT2D eigenvalue weighted by Gasteiger charge is 2.13. The Morgan fingerprint density at radius 3 is 2.88 bits per heavy atom. The number of rotatable bonds is 6. The summed E-state index contributed by atoms with van der Waals surface area (Å²) < 4.78 is 11.7. The molecule has 0 atom stereocenters. The third-order valence-corrected chi connectivity index (χ3v) is 3.85. The Bertz CT molecular complexity index is 906. The monoisotopic (exact) mass is 329 g/mol. The van der Waals surface area contributed by atoms with E-state index in [2.05, 4.69) is 5.16 Å². The van der Waals surface area contributed by atoms with E-state index in [9.17, 15) is 9.59 Å². The van der Waals surface area contributed by atoms with Crippen LogP contribution >= 0.6 is 0 Å². The van der Waals surface area contributed by atoms with Gasteiger partial charge in [0, 0.05) is 26.1 Å². The minimum Gasteiger partial charge on any atom is -0.408 e. The molecule has 3 rings (SSSR count). The molecular formula is C17H19N3O4. The Hall–Kier alpha value is -2.83. The van der Waals surface area contributed by atoms with Crippen LogP contribution in [0.5, 0.6) is 0 Å². The maximum absolute atomic E-state index is 12.2. The van der Waals surface area contributed by atoms with E-state index in [-0.39, 0.29) is 5.91 Å². The van der Waals surface area contributed by atoms with Crippen LogP contribution in [0.3, 0.4) is 0 Å². The van der Waals surface area contributed by atoms with Crippen LogP contribution in [-0.4, -0.2) is 27.6 Å². The van der Waals surface area contributed by atoms with Crippen molar-refractivity contribution in [3.63, 3.8) is 0 Å². The second kappa shape index (κ2) is 6.74. The number of carbonyl (C=O) groups is 1. The number of hydrogen-bond acceptors (Lipinski definition) is 5. The quantitative estimate of drug-likeness (QED) is 0.693. The first-order valence-corrected chi connectivity index (χ1v) is 7.79. The molecule has 0 spiro atoms. The van der Waals surface area contributed by atoms with Gasteiger partial charge in [-0.15, -0.1) is 0 Å². The molecule has 3 aromatic rings. The lowest BCUT2D eigenvalue weighted by molar-refractivity contribution is -0.130. The Morgan fingerprint density at radius 2 is 2.12 bits per heavy atom. The van der Waals surface area contributed by atoms with Crippen LogP contribution in [0.15, 0.2) is 44.1 Å². The van der Waals surface area contributed by atoms with Crippen molar-refractivity contribution >= 4 is 17.0 Å². The summed E-state index contributed by atoms with van der Waals surface area (Å²) in [7, 11) is 1.73. The summed E-state index contributed by atoms with van der Waals surface area (Å²) in [6.07, 6.45) is 0.906. The number of aromatic nitrogens is 2. The lowest BCUT2D eigenvalue weighted by Gasteiger charge is -2.15. The van der Waals surface area contributed by atoms with Gasteiger partial charge in [0.2, 0.25) is 5.91 Å². The maximum Gasteiger partial charge on any atom is 0.419 e. The van der Waals surface area contributed by atoms with Crippen LogP contribution < -0.4 is 5.76 Å². The molecule has 126 valence electrons. The van der Waals surface area contributed by atoms with Crippen molar-refractivity contribution in [2.75, 3.05) is 7.05 Å². The molecule has 0 aliphatic rings. The third-order valence-electron chi connectivity index (χ3n) is 3.85. The molecule has 0 aliphatic carbocycles. The molecule has 0 saturated carbocycles. The van der Waals surface area contributed by atoms with Crippen molar-refractivity contribution in [2.45, 2.75) is 32.9 Å². The smallest absolute Gasteiger partial charge is 0.408 e. The normalized spacial score (nSPS) is 11.1. The highest BCUT2D eigenvalue weighted by atomic mass is 16.5. The predicted octanol–water partition coefficient (Wildman–Crippen LogP) is 2.33. The average molecular weight is 329 g/mol. The summed E-state index contributed by atoms with van der Waals surface area (Å²) in [5, 5.41) is 3.88. The van der Waals surface area contributed by atoms with E-state index in [4.69, 9.17) is 8.94 Å². The van der Waals surface area contributed by atoms with Gasteiger partial charge in [-0.1, -0.05) is 17.3 Å². The Morgan fingerprint density at radius 1 is 1.33 bits per heavy atom. The van der Waals surface area contributed by atoms with Crippen molar-refractivity contribution in [3.05, 3.63) is 52.3 Å². The molecule has 0 N–H and O–H groups in total. The molecule has 0 fully saturated rings. The van der Waals surface area contributed by atoms with Crippen LogP contribution in [0.1, 0.15) is 24.3 Å². The third kappa shape index (κ3) is 3.40. The molecule has 0 unspecified atom stereocenters. The number of para-hydroxylation sites is 2. The lowest BCUT2D eigenvalue weighted by Crippen LogP contribution is -2.26. The summed E-state index contributed by atoms with van der Waals surface area (Å²) in [6.45, 7) is 2.66. The molecule has 7 heteroatoms. The van der Waals surface area contributed by atoms with Crippen LogP contribution in [0.25, 0.3) is 11.1 Å². The number of fused-ring (bicyclic) bond motifs is 1.